The number of hydrogen-bond acceptors (Lipinski definition) is 1. The molecule has 20 heavy (non-hydrogen) atoms. The molecule has 1 aromatic carbocycles. The number of benzene rings is 1. The molecule has 4 heteroatoms. The Hall–Kier alpha value is -1.19. The van der Waals surface area contributed by atoms with Crippen LogP contribution in [-0.2, 0) is 0 Å². The number of halogens is 3. The topological polar surface area (TPSA) is 12.0 Å². The molecule has 1 aromatic rings. The Labute approximate surface area is 117 Å². The van der Waals surface area contributed by atoms with Crippen LogP contribution in [0.5, 0.6) is 0 Å². The molecule has 1 N–H and O–H groups in total. The summed E-state index contributed by atoms with van der Waals surface area (Å²) in [6, 6.07) is 2.37. The van der Waals surface area contributed by atoms with Gasteiger partial charge in [0.2, 0.25) is 0 Å². The summed E-state index contributed by atoms with van der Waals surface area (Å²) >= 11 is 0. The Morgan fingerprint density at radius 2 is 1.80 bits per heavy atom. The summed E-state index contributed by atoms with van der Waals surface area (Å²) in [5, 5.41) is 3.12. The Balaban J connectivity index is 1.89. The highest BCUT2D eigenvalue weighted by atomic mass is 19.2. The van der Waals surface area contributed by atoms with Crippen molar-refractivity contribution in [2.45, 2.75) is 46.1 Å². The van der Waals surface area contributed by atoms with Crippen LogP contribution in [0.2, 0.25) is 0 Å². The van der Waals surface area contributed by atoms with Gasteiger partial charge in [0.1, 0.15) is 0 Å². The van der Waals surface area contributed by atoms with Crippen molar-refractivity contribution >= 4 is 5.69 Å². The number of fused-ring (bicyclic) bond motifs is 2. The molecular formula is C16H20F3N. The van der Waals surface area contributed by atoms with E-state index >= 15 is 0 Å². The van der Waals surface area contributed by atoms with Crippen LogP contribution in [0.25, 0.3) is 0 Å². The van der Waals surface area contributed by atoms with Crippen molar-refractivity contribution in [2.75, 3.05) is 5.32 Å². The molecule has 0 spiro atoms. The summed E-state index contributed by atoms with van der Waals surface area (Å²) in [6.45, 7) is 6.73. The van der Waals surface area contributed by atoms with E-state index in [1.165, 1.54) is 12.5 Å². The van der Waals surface area contributed by atoms with Gasteiger partial charge < -0.3 is 5.32 Å². The lowest BCUT2D eigenvalue weighted by molar-refractivity contribution is 0.142. The van der Waals surface area contributed by atoms with E-state index in [0.717, 1.165) is 18.9 Å². The van der Waals surface area contributed by atoms with E-state index in [9.17, 15) is 13.2 Å². The fourth-order valence-electron chi connectivity index (χ4n) is 4.25. The first-order valence-corrected chi connectivity index (χ1v) is 7.17. The molecular weight excluding hydrogens is 263 g/mol. The molecule has 0 aromatic heterocycles. The van der Waals surface area contributed by atoms with Crippen LogP contribution in [-0.4, -0.2) is 6.04 Å². The smallest absolute Gasteiger partial charge is 0.196 e. The third-order valence-corrected chi connectivity index (χ3v) is 6.16. The molecule has 2 fully saturated rings. The van der Waals surface area contributed by atoms with Gasteiger partial charge in [0.15, 0.2) is 17.5 Å². The molecule has 2 aliphatic carbocycles. The van der Waals surface area contributed by atoms with Gasteiger partial charge in [-0.3, -0.25) is 0 Å². The second-order valence-electron chi connectivity index (χ2n) is 7.03. The van der Waals surface area contributed by atoms with Crippen LogP contribution in [0.3, 0.4) is 0 Å². The fourth-order valence-corrected chi connectivity index (χ4v) is 4.25. The van der Waals surface area contributed by atoms with E-state index in [1.54, 1.807) is 0 Å². The first-order valence-electron chi connectivity index (χ1n) is 7.17. The molecule has 0 amide bonds. The van der Waals surface area contributed by atoms with Crippen LogP contribution in [0, 0.1) is 34.2 Å². The van der Waals surface area contributed by atoms with Crippen molar-refractivity contribution in [3.05, 3.63) is 29.6 Å². The van der Waals surface area contributed by atoms with Gasteiger partial charge in [-0.25, -0.2) is 13.2 Å². The lowest BCUT2D eigenvalue weighted by Crippen LogP contribution is -2.40. The molecule has 110 valence electrons. The molecule has 3 unspecified atom stereocenters. The minimum Gasteiger partial charge on any atom is -0.379 e. The lowest BCUT2D eigenvalue weighted by Gasteiger charge is -2.40. The quantitative estimate of drug-likeness (QED) is 0.774. The largest absolute Gasteiger partial charge is 0.379 e. The molecule has 3 atom stereocenters. The van der Waals surface area contributed by atoms with E-state index in [1.807, 2.05) is 0 Å². The van der Waals surface area contributed by atoms with Crippen molar-refractivity contribution in [2.24, 2.45) is 16.7 Å². The molecule has 2 bridgehead atoms. The Kier molecular flexibility index (Phi) is 2.86. The van der Waals surface area contributed by atoms with E-state index in [-0.39, 0.29) is 22.6 Å². The molecule has 0 radical (unpaired) electrons. The minimum atomic E-state index is -1.40. The molecule has 2 aliphatic rings. The highest BCUT2D eigenvalue weighted by Gasteiger charge is 2.61. The SMILES string of the molecule is CC1(C)C2CCC1(C)C(Nc1ccc(F)c(F)c1F)C2. The van der Waals surface area contributed by atoms with Gasteiger partial charge in [0.05, 0.1) is 5.69 Å². The van der Waals surface area contributed by atoms with Gasteiger partial charge in [-0.1, -0.05) is 20.8 Å². The summed E-state index contributed by atoms with van der Waals surface area (Å²) in [4.78, 5) is 0. The van der Waals surface area contributed by atoms with Crippen LogP contribution >= 0.6 is 0 Å². The van der Waals surface area contributed by atoms with Gasteiger partial charge in [-0.05, 0) is 48.1 Å². The Morgan fingerprint density at radius 1 is 1.10 bits per heavy atom. The maximum Gasteiger partial charge on any atom is 0.196 e. The van der Waals surface area contributed by atoms with Crippen LogP contribution in [0.4, 0.5) is 18.9 Å². The maximum absolute atomic E-state index is 13.8. The highest BCUT2D eigenvalue weighted by molar-refractivity contribution is 5.47. The van der Waals surface area contributed by atoms with E-state index in [0.29, 0.717) is 5.92 Å². The first kappa shape index (κ1) is 13.8. The van der Waals surface area contributed by atoms with Crippen LogP contribution in [0.15, 0.2) is 12.1 Å². The predicted molar refractivity (Wildman–Crippen MR) is 73.0 cm³/mol. The minimum absolute atomic E-state index is 0.0645. The van der Waals surface area contributed by atoms with Crippen molar-refractivity contribution < 1.29 is 13.2 Å². The third-order valence-electron chi connectivity index (χ3n) is 6.16. The lowest BCUT2D eigenvalue weighted by atomic mass is 9.69. The zero-order chi connectivity index (χ0) is 14.7. The number of rotatable bonds is 2. The maximum atomic E-state index is 13.8. The van der Waals surface area contributed by atoms with Gasteiger partial charge in [-0.2, -0.15) is 0 Å². The predicted octanol–water partition coefficient (Wildman–Crippen LogP) is 4.73. The normalized spacial score (nSPS) is 34.5. The first-order chi connectivity index (χ1) is 9.27. The van der Waals surface area contributed by atoms with Crippen LogP contribution in [0.1, 0.15) is 40.0 Å². The summed E-state index contributed by atoms with van der Waals surface area (Å²) in [5.41, 5.74) is 0.327. The molecule has 0 aliphatic heterocycles. The summed E-state index contributed by atoms with van der Waals surface area (Å²) < 4.78 is 40.1. The van der Waals surface area contributed by atoms with E-state index in [4.69, 9.17) is 0 Å². The number of hydrogen-bond donors (Lipinski definition) is 1. The molecule has 1 nitrogen and oxygen atoms in total. The standard InChI is InChI=1S/C16H20F3N/c1-15(2)9-6-7-16(15,3)12(8-9)20-11-5-4-10(17)13(18)14(11)19/h4-5,9,12,20H,6-8H2,1-3H3. The third kappa shape index (κ3) is 1.63. The fraction of sp³-hybridized carbons (Fsp3) is 0.625. The number of anilines is 1. The van der Waals surface area contributed by atoms with Gasteiger partial charge in [-0.15, -0.1) is 0 Å². The molecule has 0 heterocycles. The van der Waals surface area contributed by atoms with E-state index < -0.39 is 17.5 Å². The summed E-state index contributed by atoms with van der Waals surface area (Å²) in [5.74, 6) is -3.05. The Morgan fingerprint density at radius 3 is 2.35 bits per heavy atom. The monoisotopic (exact) mass is 283 g/mol. The Bertz CT molecular complexity index is 555. The molecule has 3 rings (SSSR count). The average Bonchev–Trinajstić information content (AvgIpc) is 2.72. The van der Waals surface area contributed by atoms with Crippen molar-refractivity contribution in [1.82, 2.24) is 0 Å². The second-order valence-corrected chi connectivity index (χ2v) is 7.03. The number of nitrogens with one attached hydrogen (secondary N) is 1. The van der Waals surface area contributed by atoms with Crippen molar-refractivity contribution in [3.8, 4) is 0 Å². The van der Waals surface area contributed by atoms with E-state index in [2.05, 4.69) is 26.1 Å². The highest BCUT2D eigenvalue weighted by Crippen LogP contribution is 2.65. The van der Waals surface area contributed by atoms with Crippen molar-refractivity contribution in [1.29, 1.82) is 0 Å². The summed E-state index contributed by atoms with van der Waals surface area (Å²) in [6.07, 6.45) is 3.25. The second kappa shape index (κ2) is 4.15. The molecule has 0 saturated heterocycles. The summed E-state index contributed by atoms with van der Waals surface area (Å²) in [7, 11) is 0. The van der Waals surface area contributed by atoms with Gasteiger partial charge in [0, 0.05) is 6.04 Å². The van der Waals surface area contributed by atoms with Crippen molar-refractivity contribution in [3.63, 3.8) is 0 Å². The molecule has 2 saturated carbocycles. The van der Waals surface area contributed by atoms with Crippen LogP contribution < -0.4 is 5.32 Å². The zero-order valence-corrected chi connectivity index (χ0v) is 12.1. The van der Waals surface area contributed by atoms with Gasteiger partial charge in [0.25, 0.3) is 0 Å². The zero-order valence-electron chi connectivity index (χ0n) is 12.1. The average molecular weight is 283 g/mol. The van der Waals surface area contributed by atoms with Gasteiger partial charge >= 0.3 is 0 Å².